The average Bonchev–Trinajstić information content (AvgIpc) is 3.30. The van der Waals surface area contributed by atoms with E-state index in [4.69, 9.17) is 25.8 Å². The normalized spacial score (nSPS) is 17.8. The van der Waals surface area contributed by atoms with Crippen LogP contribution in [0.25, 0.3) is 11.1 Å². The molecule has 1 fully saturated rings. The van der Waals surface area contributed by atoms with Crippen LogP contribution in [0.3, 0.4) is 0 Å². The number of alkyl halides is 3. The molecule has 1 heterocycles. The van der Waals surface area contributed by atoms with Crippen LogP contribution in [-0.2, 0) is 16.2 Å². The second kappa shape index (κ2) is 10.5. The Morgan fingerprint density at radius 3 is 2.32 bits per heavy atom. The second-order valence-electron chi connectivity index (χ2n) is 8.96. The van der Waals surface area contributed by atoms with Crippen LogP contribution in [-0.4, -0.2) is 41.3 Å². The molecule has 38 heavy (non-hydrogen) atoms. The fraction of sp³-hybridized carbons (Fsp3) is 0.308. The minimum atomic E-state index is -5.11. The Hall–Kier alpha value is -3.15. The number of hydrogen-bond acceptors (Lipinski definition) is 6. The Labute approximate surface area is 223 Å². The van der Waals surface area contributed by atoms with E-state index < -0.39 is 38.0 Å². The van der Waals surface area contributed by atoms with E-state index in [-0.39, 0.29) is 33.3 Å². The predicted octanol–water partition coefficient (Wildman–Crippen LogP) is 5.97. The van der Waals surface area contributed by atoms with E-state index in [9.17, 15) is 21.6 Å². The number of hydrogen-bond donors (Lipinski definition) is 2. The van der Waals surface area contributed by atoms with E-state index in [1.54, 1.807) is 18.2 Å². The van der Waals surface area contributed by atoms with Gasteiger partial charge in [0, 0.05) is 24.6 Å². The number of benzene rings is 3. The summed E-state index contributed by atoms with van der Waals surface area (Å²) in [6, 6.07) is 13.2. The molecule has 1 atom stereocenters. The molecule has 4 rings (SSSR count). The summed E-state index contributed by atoms with van der Waals surface area (Å²) in [5.41, 5.74) is -2.06. The fourth-order valence-electron chi connectivity index (χ4n) is 4.34. The Balaban J connectivity index is 1.88. The minimum absolute atomic E-state index is 0.0270. The van der Waals surface area contributed by atoms with Crippen LogP contribution in [0.1, 0.15) is 18.9 Å². The maximum absolute atomic E-state index is 14.5. The van der Waals surface area contributed by atoms with Crippen molar-refractivity contribution in [3.63, 3.8) is 0 Å². The molecular weight excluding hydrogens is 545 g/mol. The standard InChI is InChI=1S/C26H26ClF3N2O5S/c1-25(11-12-31-15-25)37-20-13-17(9-10-19(20)27)32-38(33,34)24-18(16-7-5-4-6-8-16)14-21(35-2)23(36-3)22(24)26(28,29)30/h4-10,13-14,31-32H,11-12,15H2,1-3H3/t25-/m1/s1. The Bertz CT molecular complexity index is 1430. The lowest BCUT2D eigenvalue weighted by atomic mass is 10.0. The first kappa shape index (κ1) is 27.9. The Morgan fingerprint density at radius 2 is 1.74 bits per heavy atom. The van der Waals surface area contributed by atoms with Crippen molar-refractivity contribution < 1.29 is 35.8 Å². The first-order valence-electron chi connectivity index (χ1n) is 11.5. The predicted molar refractivity (Wildman–Crippen MR) is 139 cm³/mol. The van der Waals surface area contributed by atoms with Gasteiger partial charge in [-0.25, -0.2) is 8.42 Å². The van der Waals surface area contributed by atoms with Crippen LogP contribution in [0.5, 0.6) is 17.2 Å². The van der Waals surface area contributed by atoms with Gasteiger partial charge < -0.3 is 19.5 Å². The third-order valence-corrected chi connectivity index (χ3v) is 7.91. The number of methoxy groups -OCH3 is 2. The zero-order valence-corrected chi connectivity index (χ0v) is 22.4. The van der Waals surface area contributed by atoms with Crippen molar-refractivity contribution in [3.05, 3.63) is 65.2 Å². The lowest BCUT2D eigenvalue weighted by molar-refractivity contribution is -0.141. The molecule has 1 saturated heterocycles. The minimum Gasteiger partial charge on any atom is -0.493 e. The Kier molecular flexibility index (Phi) is 7.74. The molecule has 0 amide bonds. The summed E-state index contributed by atoms with van der Waals surface area (Å²) in [4.78, 5) is -1.00. The van der Waals surface area contributed by atoms with Crippen LogP contribution >= 0.6 is 11.6 Å². The lowest BCUT2D eigenvalue weighted by Crippen LogP contribution is -2.34. The van der Waals surface area contributed by atoms with E-state index >= 15 is 0 Å². The van der Waals surface area contributed by atoms with Gasteiger partial charge in [0.15, 0.2) is 11.5 Å². The summed E-state index contributed by atoms with van der Waals surface area (Å²) in [7, 11) is -2.66. The van der Waals surface area contributed by atoms with Crippen LogP contribution in [0.15, 0.2) is 59.5 Å². The molecule has 1 aliphatic heterocycles. The molecule has 2 N–H and O–H groups in total. The molecule has 3 aromatic rings. The van der Waals surface area contributed by atoms with Crippen LogP contribution in [0.2, 0.25) is 5.02 Å². The monoisotopic (exact) mass is 570 g/mol. The highest BCUT2D eigenvalue weighted by molar-refractivity contribution is 7.93. The Morgan fingerprint density at radius 1 is 1.03 bits per heavy atom. The van der Waals surface area contributed by atoms with Gasteiger partial charge in [0.05, 0.1) is 24.9 Å². The summed E-state index contributed by atoms with van der Waals surface area (Å²) in [6.07, 6.45) is -4.41. The fourth-order valence-corrected chi connectivity index (χ4v) is 5.98. The van der Waals surface area contributed by atoms with Crippen molar-refractivity contribution in [2.24, 2.45) is 0 Å². The van der Waals surface area contributed by atoms with E-state index in [2.05, 4.69) is 10.0 Å². The van der Waals surface area contributed by atoms with E-state index in [1.165, 1.54) is 43.5 Å². The van der Waals surface area contributed by atoms with Gasteiger partial charge in [-0.05, 0) is 37.2 Å². The number of sulfonamides is 1. The summed E-state index contributed by atoms with van der Waals surface area (Å²) < 4.78 is 89.4. The molecule has 3 aromatic carbocycles. The lowest BCUT2D eigenvalue weighted by Gasteiger charge is -2.26. The van der Waals surface area contributed by atoms with Crippen LogP contribution in [0.4, 0.5) is 18.9 Å². The average molecular weight is 571 g/mol. The first-order valence-corrected chi connectivity index (χ1v) is 13.4. The molecule has 0 unspecified atom stereocenters. The highest BCUT2D eigenvalue weighted by atomic mass is 35.5. The van der Waals surface area contributed by atoms with Gasteiger partial charge in [0.1, 0.15) is 21.8 Å². The van der Waals surface area contributed by atoms with Gasteiger partial charge >= 0.3 is 6.18 Å². The molecule has 0 aliphatic carbocycles. The number of halogens is 4. The summed E-state index contributed by atoms with van der Waals surface area (Å²) in [5, 5.41) is 3.41. The summed E-state index contributed by atoms with van der Waals surface area (Å²) in [6.45, 7) is 3.17. The van der Waals surface area contributed by atoms with Crippen molar-refractivity contribution in [2.45, 2.75) is 30.0 Å². The van der Waals surface area contributed by atoms with Gasteiger partial charge in [-0.1, -0.05) is 41.9 Å². The molecule has 7 nitrogen and oxygen atoms in total. The highest BCUT2D eigenvalue weighted by Gasteiger charge is 2.44. The summed E-state index contributed by atoms with van der Waals surface area (Å²) in [5.74, 6) is -0.815. The first-order chi connectivity index (χ1) is 17.9. The van der Waals surface area contributed by atoms with Crippen molar-refractivity contribution in [2.75, 3.05) is 32.0 Å². The zero-order valence-electron chi connectivity index (χ0n) is 20.8. The maximum atomic E-state index is 14.5. The number of nitrogens with one attached hydrogen (secondary N) is 2. The molecular formula is C26H26ClF3N2O5S. The molecule has 204 valence electrons. The molecule has 0 aromatic heterocycles. The quantitative estimate of drug-likeness (QED) is 0.347. The molecule has 0 radical (unpaired) electrons. The van der Waals surface area contributed by atoms with Crippen LogP contribution in [0, 0.1) is 0 Å². The SMILES string of the molecule is COc1cc(-c2ccccc2)c(S(=O)(=O)Nc2ccc(Cl)c(O[C@]3(C)CCNC3)c2)c(C(F)(F)F)c1OC. The number of anilines is 1. The van der Waals surface area contributed by atoms with Gasteiger partial charge in [-0.2, -0.15) is 13.2 Å². The molecule has 0 bridgehead atoms. The maximum Gasteiger partial charge on any atom is 0.421 e. The van der Waals surface area contributed by atoms with Crippen molar-refractivity contribution in [1.29, 1.82) is 0 Å². The molecule has 0 saturated carbocycles. The van der Waals surface area contributed by atoms with Crippen molar-refractivity contribution in [1.82, 2.24) is 5.32 Å². The van der Waals surface area contributed by atoms with E-state index in [0.29, 0.717) is 13.0 Å². The number of rotatable bonds is 8. The van der Waals surface area contributed by atoms with Crippen LogP contribution < -0.4 is 24.2 Å². The third kappa shape index (κ3) is 5.64. The second-order valence-corrected chi connectivity index (χ2v) is 11.0. The summed E-state index contributed by atoms with van der Waals surface area (Å²) >= 11 is 6.29. The van der Waals surface area contributed by atoms with Gasteiger partial charge in [0.2, 0.25) is 0 Å². The largest absolute Gasteiger partial charge is 0.493 e. The van der Waals surface area contributed by atoms with Gasteiger partial charge in [-0.15, -0.1) is 0 Å². The van der Waals surface area contributed by atoms with E-state index in [1.807, 2.05) is 6.92 Å². The van der Waals surface area contributed by atoms with Crippen molar-refractivity contribution in [3.8, 4) is 28.4 Å². The third-order valence-electron chi connectivity index (χ3n) is 6.13. The number of ether oxygens (including phenoxy) is 3. The van der Waals surface area contributed by atoms with Crippen molar-refractivity contribution >= 4 is 27.3 Å². The zero-order chi connectivity index (χ0) is 27.7. The van der Waals surface area contributed by atoms with E-state index in [0.717, 1.165) is 13.7 Å². The molecule has 12 heteroatoms. The molecule has 1 aliphatic rings. The molecule has 0 spiro atoms. The smallest absolute Gasteiger partial charge is 0.421 e. The highest BCUT2D eigenvalue weighted by Crippen LogP contribution is 2.49. The van der Waals surface area contributed by atoms with Gasteiger partial charge in [0.25, 0.3) is 10.0 Å². The van der Waals surface area contributed by atoms with Gasteiger partial charge in [-0.3, -0.25) is 4.72 Å². The topological polar surface area (TPSA) is 85.9 Å².